The lowest BCUT2D eigenvalue weighted by Gasteiger charge is -2.18. The molecule has 1 fully saturated rings. The van der Waals surface area contributed by atoms with Crippen LogP contribution in [-0.4, -0.2) is 54.7 Å². The molecule has 0 bridgehead atoms. The van der Waals surface area contributed by atoms with E-state index in [9.17, 15) is 4.79 Å². The molecule has 0 radical (unpaired) electrons. The Hall–Kier alpha value is -3.96. The zero-order valence-corrected chi connectivity index (χ0v) is 27.5. The topological polar surface area (TPSA) is 120 Å². The number of hydrogen-bond donors (Lipinski definition) is 3. The SMILES string of the molecule is CNCc1cc(Cl)c(O[C@H]2CCc3c(-c4cccc(-c5cnc(CNC[C@@H]6CCC(=O)N6)c(OC)n5)c4Cl)cccc32)nc1OC. The van der Waals surface area contributed by atoms with Crippen molar-refractivity contribution in [1.82, 2.24) is 30.9 Å². The van der Waals surface area contributed by atoms with Crippen LogP contribution < -0.4 is 30.2 Å². The number of methoxy groups -OCH3 is 2. The maximum Gasteiger partial charge on any atom is 0.237 e. The Labute approximate surface area is 278 Å². The van der Waals surface area contributed by atoms with Crippen LogP contribution >= 0.6 is 23.2 Å². The summed E-state index contributed by atoms with van der Waals surface area (Å²) < 4.78 is 17.5. The summed E-state index contributed by atoms with van der Waals surface area (Å²) in [4.78, 5) is 25.5. The van der Waals surface area contributed by atoms with Gasteiger partial charge in [0.1, 0.15) is 16.8 Å². The van der Waals surface area contributed by atoms with Gasteiger partial charge in [-0.15, -0.1) is 0 Å². The number of ether oxygens (including phenoxy) is 3. The predicted octanol–water partition coefficient (Wildman–Crippen LogP) is 5.68. The van der Waals surface area contributed by atoms with E-state index in [1.807, 2.05) is 37.4 Å². The molecule has 6 rings (SSSR count). The van der Waals surface area contributed by atoms with Gasteiger partial charge in [0, 0.05) is 48.8 Å². The normalized spacial score (nSPS) is 17.1. The highest BCUT2D eigenvalue weighted by Crippen LogP contribution is 2.44. The van der Waals surface area contributed by atoms with Crippen LogP contribution in [0.4, 0.5) is 0 Å². The molecule has 10 nitrogen and oxygen atoms in total. The third kappa shape index (κ3) is 6.62. The van der Waals surface area contributed by atoms with Gasteiger partial charge in [-0.2, -0.15) is 4.98 Å². The molecule has 0 spiro atoms. The third-order valence-electron chi connectivity index (χ3n) is 8.35. The van der Waals surface area contributed by atoms with Gasteiger partial charge in [0.2, 0.25) is 23.5 Å². The van der Waals surface area contributed by atoms with Gasteiger partial charge in [-0.3, -0.25) is 9.78 Å². The average Bonchev–Trinajstić information content (AvgIpc) is 3.68. The van der Waals surface area contributed by atoms with Gasteiger partial charge in [-0.25, -0.2) is 4.98 Å². The summed E-state index contributed by atoms with van der Waals surface area (Å²) in [6, 6.07) is 14.1. The van der Waals surface area contributed by atoms with Crippen molar-refractivity contribution in [3.63, 3.8) is 0 Å². The zero-order chi connectivity index (χ0) is 32.2. The summed E-state index contributed by atoms with van der Waals surface area (Å²) >= 11 is 13.7. The number of halogens is 2. The lowest BCUT2D eigenvalue weighted by molar-refractivity contribution is -0.119. The molecular formula is C34H36Cl2N6O4. The second kappa shape index (κ2) is 14.2. The molecule has 3 N–H and O–H groups in total. The number of carbonyl (C=O) groups excluding carboxylic acids is 1. The minimum atomic E-state index is -0.219. The van der Waals surface area contributed by atoms with Crippen LogP contribution in [0.25, 0.3) is 22.4 Å². The standard InChI is InChI=1S/C34H36Cl2N6O4/c1-37-15-19-14-26(35)33(42-32(19)44-2)46-29-12-11-22-21(6-4-7-23(22)29)24-8-5-9-25(31(24)36)27-18-39-28(34(41-27)45-3)17-38-16-20-10-13-30(43)40-20/h4-9,14,18,20,29,37-38H,10-13,15-17H2,1-3H3,(H,40,43)/t20-,29-/m0/s1. The Morgan fingerprint density at radius 1 is 0.935 bits per heavy atom. The number of rotatable bonds is 12. The zero-order valence-electron chi connectivity index (χ0n) is 26.0. The van der Waals surface area contributed by atoms with E-state index >= 15 is 0 Å². The lowest BCUT2D eigenvalue weighted by Crippen LogP contribution is -2.35. The Balaban J connectivity index is 1.23. The molecule has 3 heterocycles. The fourth-order valence-corrected chi connectivity index (χ4v) is 6.68. The van der Waals surface area contributed by atoms with Crippen molar-refractivity contribution in [1.29, 1.82) is 0 Å². The van der Waals surface area contributed by atoms with Crippen LogP contribution in [0.1, 0.15) is 47.8 Å². The van der Waals surface area contributed by atoms with E-state index < -0.39 is 0 Å². The molecule has 1 aliphatic carbocycles. The van der Waals surface area contributed by atoms with Gasteiger partial charge in [-0.1, -0.05) is 59.6 Å². The molecule has 4 aromatic rings. The number of pyridine rings is 1. The fraction of sp³-hybridized carbons (Fsp3) is 0.353. The number of hydrogen-bond acceptors (Lipinski definition) is 9. The Morgan fingerprint density at radius 2 is 1.72 bits per heavy atom. The van der Waals surface area contributed by atoms with Gasteiger partial charge in [-0.05, 0) is 49.1 Å². The van der Waals surface area contributed by atoms with Crippen LogP contribution in [0.3, 0.4) is 0 Å². The smallest absolute Gasteiger partial charge is 0.237 e. The summed E-state index contributed by atoms with van der Waals surface area (Å²) in [7, 11) is 5.02. The van der Waals surface area contributed by atoms with E-state index in [0.717, 1.165) is 47.1 Å². The molecule has 2 atom stereocenters. The summed E-state index contributed by atoms with van der Waals surface area (Å²) in [6.07, 6.45) is 4.47. The molecule has 1 saturated heterocycles. The van der Waals surface area contributed by atoms with Crippen molar-refractivity contribution in [2.75, 3.05) is 27.8 Å². The van der Waals surface area contributed by atoms with Crippen LogP contribution in [0.15, 0.2) is 48.7 Å². The van der Waals surface area contributed by atoms with E-state index in [-0.39, 0.29) is 18.1 Å². The highest BCUT2D eigenvalue weighted by molar-refractivity contribution is 6.36. The number of fused-ring (bicyclic) bond motifs is 1. The van der Waals surface area contributed by atoms with Crippen molar-refractivity contribution in [3.8, 4) is 40.0 Å². The minimum absolute atomic E-state index is 0.0932. The van der Waals surface area contributed by atoms with E-state index in [4.69, 9.17) is 42.4 Å². The summed E-state index contributed by atoms with van der Waals surface area (Å²) in [5.74, 6) is 1.34. The molecular weight excluding hydrogens is 627 g/mol. The van der Waals surface area contributed by atoms with Crippen LogP contribution in [0.5, 0.6) is 17.6 Å². The first-order valence-electron chi connectivity index (χ1n) is 15.3. The van der Waals surface area contributed by atoms with E-state index in [1.165, 1.54) is 5.56 Å². The number of carbonyl (C=O) groups is 1. The van der Waals surface area contributed by atoms with E-state index in [0.29, 0.717) is 65.1 Å². The van der Waals surface area contributed by atoms with Crippen LogP contribution in [0, 0.1) is 0 Å². The molecule has 240 valence electrons. The first-order chi connectivity index (χ1) is 22.4. The Bertz CT molecular complexity index is 1750. The molecule has 1 amide bonds. The number of amides is 1. The molecule has 2 aromatic carbocycles. The summed E-state index contributed by atoms with van der Waals surface area (Å²) in [5.41, 5.74) is 7.09. The fourth-order valence-electron chi connectivity index (χ4n) is 6.14. The highest BCUT2D eigenvalue weighted by atomic mass is 35.5. The van der Waals surface area contributed by atoms with Crippen LogP contribution in [-0.2, 0) is 24.3 Å². The van der Waals surface area contributed by atoms with Gasteiger partial charge in [0.15, 0.2) is 0 Å². The molecule has 0 unspecified atom stereocenters. The molecule has 2 aromatic heterocycles. The number of nitrogens with one attached hydrogen (secondary N) is 3. The summed E-state index contributed by atoms with van der Waals surface area (Å²) in [5, 5.41) is 10.4. The third-order valence-corrected chi connectivity index (χ3v) is 9.03. The quantitative estimate of drug-likeness (QED) is 0.176. The Kier molecular flexibility index (Phi) is 9.89. The van der Waals surface area contributed by atoms with Gasteiger partial charge < -0.3 is 30.2 Å². The molecule has 2 aliphatic rings. The molecule has 46 heavy (non-hydrogen) atoms. The number of nitrogens with zero attached hydrogens (tertiary/aromatic N) is 3. The molecule has 1 aliphatic heterocycles. The van der Waals surface area contributed by atoms with Gasteiger partial charge in [0.05, 0.1) is 31.1 Å². The number of aromatic nitrogens is 3. The average molecular weight is 664 g/mol. The van der Waals surface area contributed by atoms with Crippen molar-refractivity contribution in [2.45, 2.75) is 50.9 Å². The largest absolute Gasteiger partial charge is 0.481 e. The second-order valence-electron chi connectivity index (χ2n) is 11.3. The number of benzene rings is 2. The van der Waals surface area contributed by atoms with E-state index in [1.54, 1.807) is 20.4 Å². The second-order valence-corrected chi connectivity index (χ2v) is 12.1. The van der Waals surface area contributed by atoms with Crippen molar-refractivity contribution in [2.24, 2.45) is 0 Å². The first kappa shape index (κ1) is 32.0. The van der Waals surface area contributed by atoms with Crippen molar-refractivity contribution in [3.05, 3.63) is 81.1 Å². The van der Waals surface area contributed by atoms with Crippen LogP contribution in [0.2, 0.25) is 10.0 Å². The van der Waals surface area contributed by atoms with E-state index in [2.05, 4.69) is 38.1 Å². The summed E-state index contributed by atoms with van der Waals surface area (Å²) in [6.45, 7) is 1.69. The predicted molar refractivity (Wildman–Crippen MR) is 178 cm³/mol. The monoisotopic (exact) mass is 662 g/mol. The minimum Gasteiger partial charge on any atom is -0.481 e. The lowest BCUT2D eigenvalue weighted by atomic mass is 9.95. The molecule has 0 saturated carbocycles. The van der Waals surface area contributed by atoms with Gasteiger partial charge in [0.25, 0.3) is 0 Å². The maximum absolute atomic E-state index is 11.5. The molecule has 12 heteroatoms. The Morgan fingerprint density at radius 3 is 2.48 bits per heavy atom. The highest BCUT2D eigenvalue weighted by Gasteiger charge is 2.29. The van der Waals surface area contributed by atoms with Gasteiger partial charge >= 0.3 is 0 Å². The maximum atomic E-state index is 11.5. The van der Waals surface area contributed by atoms with Crippen molar-refractivity contribution < 1.29 is 19.0 Å². The first-order valence-corrected chi connectivity index (χ1v) is 16.0. The van der Waals surface area contributed by atoms with Crippen molar-refractivity contribution >= 4 is 29.1 Å².